The molecule has 2 amide bonds. The van der Waals surface area contributed by atoms with Crippen molar-refractivity contribution in [3.8, 4) is 0 Å². The van der Waals surface area contributed by atoms with Crippen LogP contribution in [0.4, 0.5) is 0 Å². The van der Waals surface area contributed by atoms with Gasteiger partial charge >= 0.3 is 17.9 Å². The lowest BCUT2D eigenvalue weighted by Crippen LogP contribution is -2.63. The van der Waals surface area contributed by atoms with Gasteiger partial charge in [0.15, 0.2) is 6.29 Å². The van der Waals surface area contributed by atoms with Crippen LogP contribution in [0.25, 0.3) is 0 Å². The molecule has 1 saturated heterocycles. The van der Waals surface area contributed by atoms with E-state index in [0.29, 0.717) is 0 Å². The first-order chi connectivity index (χ1) is 14.5. The molecular weight excluding hydrogens is 416 g/mol. The van der Waals surface area contributed by atoms with Crippen LogP contribution < -0.4 is 10.6 Å². The van der Waals surface area contributed by atoms with Gasteiger partial charge in [-0.25, -0.2) is 0 Å². The third-order valence-corrected chi connectivity index (χ3v) is 4.46. The maximum absolute atomic E-state index is 11.7. The zero-order chi connectivity index (χ0) is 23.6. The van der Waals surface area contributed by atoms with Gasteiger partial charge in [-0.05, 0) is 0 Å². The molecule has 1 rings (SSSR count). The molecule has 5 atom stereocenters. The van der Waals surface area contributed by atoms with Gasteiger partial charge in [-0.3, -0.25) is 24.0 Å². The smallest absolute Gasteiger partial charge is 0.303 e. The number of hydrogen-bond acceptors (Lipinski definition) is 9. The number of amides is 2. The molecule has 0 aromatic carbocycles. The summed E-state index contributed by atoms with van der Waals surface area (Å²) in [6.07, 6.45) is -3.00. The van der Waals surface area contributed by atoms with Crippen molar-refractivity contribution in [2.45, 2.75) is 65.1 Å². The van der Waals surface area contributed by atoms with Crippen molar-refractivity contribution in [3.05, 3.63) is 0 Å². The highest BCUT2D eigenvalue weighted by Crippen LogP contribution is 2.29. The molecule has 3 N–H and O–H groups in total. The normalized spacial score (nSPS) is 25.2. The summed E-state index contributed by atoms with van der Waals surface area (Å²) in [7, 11) is 0. The summed E-state index contributed by atoms with van der Waals surface area (Å²) < 4.78 is 22.0. The third-order valence-electron chi connectivity index (χ3n) is 4.46. The number of nitrogens with one attached hydrogen (secondary N) is 2. The second-order valence-electron chi connectivity index (χ2n) is 7.12. The highest BCUT2D eigenvalue weighted by molar-refractivity contribution is 5.80. The van der Waals surface area contributed by atoms with E-state index in [1.165, 1.54) is 20.8 Å². The summed E-state index contributed by atoms with van der Waals surface area (Å²) in [5.41, 5.74) is 0. The number of carbonyl (C=O) groups excluding carboxylic acids is 4. The van der Waals surface area contributed by atoms with Crippen LogP contribution in [0.2, 0.25) is 0 Å². The molecule has 0 radical (unpaired) electrons. The molecule has 1 aliphatic heterocycles. The molecule has 31 heavy (non-hydrogen) atoms. The van der Waals surface area contributed by atoms with Gasteiger partial charge in [0.25, 0.3) is 0 Å². The largest absolute Gasteiger partial charge is 0.481 e. The standard InChI is InChI=1S/C19H30N2O10/c1-10-14(9-29-12(3)23)31-19(17(21-11(2)22)18(10)30-13(4)24)28-8-7-20-15(25)5-6-16(26)27/h10,14,17-19H,5-9H2,1-4H3,(H,20,25)(H,21,22)(H,26,27). The van der Waals surface area contributed by atoms with E-state index in [9.17, 15) is 24.0 Å². The van der Waals surface area contributed by atoms with E-state index in [1.807, 2.05) is 0 Å². The Labute approximate surface area is 179 Å². The van der Waals surface area contributed by atoms with E-state index in [-0.39, 0.29) is 32.6 Å². The van der Waals surface area contributed by atoms with Crippen molar-refractivity contribution in [1.29, 1.82) is 0 Å². The van der Waals surface area contributed by atoms with Crippen molar-refractivity contribution in [3.63, 3.8) is 0 Å². The zero-order valence-electron chi connectivity index (χ0n) is 18.0. The summed E-state index contributed by atoms with van der Waals surface area (Å²) in [6, 6.07) is -0.840. The first-order valence-corrected chi connectivity index (χ1v) is 9.84. The Balaban J connectivity index is 2.82. The van der Waals surface area contributed by atoms with Crippen LogP contribution >= 0.6 is 0 Å². The first kappa shape index (κ1) is 26.3. The Kier molecular flexibility index (Phi) is 10.9. The molecule has 12 nitrogen and oxygen atoms in total. The van der Waals surface area contributed by atoms with E-state index in [4.69, 9.17) is 24.1 Å². The monoisotopic (exact) mass is 446 g/mol. The highest BCUT2D eigenvalue weighted by Gasteiger charge is 2.47. The SMILES string of the molecule is CC(=O)NC1C(OCCNC(=O)CCC(=O)O)OC(COC(C)=O)C(C)C1OC(C)=O. The average molecular weight is 446 g/mol. The molecule has 5 unspecified atom stereocenters. The topological polar surface area (TPSA) is 167 Å². The predicted octanol–water partition coefficient (Wildman–Crippen LogP) is -0.655. The Bertz CT molecular complexity index is 668. The van der Waals surface area contributed by atoms with Gasteiger partial charge in [0.2, 0.25) is 11.8 Å². The zero-order valence-corrected chi connectivity index (χ0v) is 18.0. The van der Waals surface area contributed by atoms with Gasteiger partial charge in [0.1, 0.15) is 24.9 Å². The van der Waals surface area contributed by atoms with Crippen LogP contribution in [0.1, 0.15) is 40.5 Å². The van der Waals surface area contributed by atoms with Gasteiger partial charge in [0.05, 0.1) is 13.0 Å². The fourth-order valence-corrected chi connectivity index (χ4v) is 3.04. The molecule has 1 aliphatic rings. The number of carboxylic acid groups (broad SMARTS) is 1. The lowest BCUT2D eigenvalue weighted by Gasteiger charge is -2.44. The van der Waals surface area contributed by atoms with Crippen LogP contribution in [0.3, 0.4) is 0 Å². The molecule has 0 aromatic heterocycles. The highest BCUT2D eigenvalue weighted by atomic mass is 16.7. The van der Waals surface area contributed by atoms with Gasteiger partial charge in [0, 0.05) is 39.7 Å². The van der Waals surface area contributed by atoms with Crippen LogP contribution in [0.5, 0.6) is 0 Å². The van der Waals surface area contributed by atoms with Crippen molar-refractivity contribution in [2.75, 3.05) is 19.8 Å². The number of hydrogen-bond donors (Lipinski definition) is 3. The predicted molar refractivity (Wildman–Crippen MR) is 103 cm³/mol. The quantitative estimate of drug-likeness (QED) is 0.274. The van der Waals surface area contributed by atoms with Gasteiger partial charge in [-0.2, -0.15) is 0 Å². The molecule has 0 spiro atoms. The molecule has 176 valence electrons. The summed E-state index contributed by atoms with van der Waals surface area (Å²) >= 11 is 0. The molecule has 0 aliphatic carbocycles. The number of esters is 2. The van der Waals surface area contributed by atoms with Crippen molar-refractivity contribution in [1.82, 2.24) is 10.6 Å². The van der Waals surface area contributed by atoms with Gasteiger partial charge in [-0.1, -0.05) is 6.92 Å². The Morgan fingerprint density at radius 3 is 2.26 bits per heavy atom. The second kappa shape index (κ2) is 12.8. The molecule has 12 heteroatoms. The van der Waals surface area contributed by atoms with Gasteiger partial charge < -0.3 is 34.7 Å². The number of ether oxygens (including phenoxy) is 4. The molecule has 1 fully saturated rings. The fraction of sp³-hybridized carbons (Fsp3) is 0.737. The van der Waals surface area contributed by atoms with E-state index in [1.54, 1.807) is 6.92 Å². The van der Waals surface area contributed by atoms with Crippen LogP contribution in [-0.2, 0) is 42.9 Å². The maximum atomic E-state index is 11.7. The van der Waals surface area contributed by atoms with E-state index in [0.717, 1.165) is 0 Å². The third kappa shape index (κ3) is 9.75. The van der Waals surface area contributed by atoms with Crippen molar-refractivity contribution < 1.29 is 48.0 Å². The Morgan fingerprint density at radius 1 is 1.03 bits per heavy atom. The summed E-state index contributed by atoms with van der Waals surface area (Å²) in [5.74, 6) is -3.43. The molecule has 0 bridgehead atoms. The van der Waals surface area contributed by atoms with Crippen molar-refractivity contribution in [2.24, 2.45) is 5.92 Å². The minimum atomic E-state index is -1.08. The molecular formula is C19H30N2O10. The lowest BCUT2D eigenvalue weighted by atomic mass is 9.89. The van der Waals surface area contributed by atoms with Crippen LogP contribution in [-0.4, -0.2) is 79.1 Å². The summed E-state index contributed by atoms with van der Waals surface area (Å²) in [6.45, 7) is 5.44. The molecule has 1 heterocycles. The minimum Gasteiger partial charge on any atom is -0.481 e. The van der Waals surface area contributed by atoms with Crippen molar-refractivity contribution >= 4 is 29.7 Å². The summed E-state index contributed by atoms with van der Waals surface area (Å²) in [4.78, 5) is 56.6. The number of carbonyl (C=O) groups is 5. The Hall–Kier alpha value is -2.73. The number of carboxylic acids is 1. The van der Waals surface area contributed by atoms with Crippen LogP contribution in [0, 0.1) is 5.92 Å². The lowest BCUT2D eigenvalue weighted by molar-refractivity contribution is -0.259. The van der Waals surface area contributed by atoms with Crippen LogP contribution in [0.15, 0.2) is 0 Å². The van der Waals surface area contributed by atoms with Gasteiger partial charge in [-0.15, -0.1) is 0 Å². The van der Waals surface area contributed by atoms with E-state index in [2.05, 4.69) is 10.6 Å². The van der Waals surface area contributed by atoms with E-state index < -0.39 is 60.2 Å². The van der Waals surface area contributed by atoms with E-state index >= 15 is 0 Å². The maximum Gasteiger partial charge on any atom is 0.303 e. The number of aliphatic carboxylic acids is 1. The molecule has 0 saturated carbocycles. The fourth-order valence-electron chi connectivity index (χ4n) is 3.04. The first-order valence-electron chi connectivity index (χ1n) is 9.84. The minimum absolute atomic E-state index is 0.0268. The number of rotatable bonds is 11. The molecule has 0 aromatic rings. The average Bonchev–Trinajstić information content (AvgIpc) is 2.66. The Morgan fingerprint density at radius 2 is 1.71 bits per heavy atom. The second-order valence-corrected chi connectivity index (χ2v) is 7.12. The summed E-state index contributed by atoms with van der Waals surface area (Å²) in [5, 5.41) is 13.8.